The molecule has 2 aliphatic rings. The molecule has 5 nitrogen and oxygen atoms in total. The van der Waals surface area contributed by atoms with Gasteiger partial charge in [0.2, 0.25) is 5.79 Å². The van der Waals surface area contributed by atoms with E-state index in [0.717, 1.165) is 10.9 Å². The van der Waals surface area contributed by atoms with Crippen LogP contribution in [0.4, 0.5) is 0 Å². The molecule has 1 aromatic carbocycles. The van der Waals surface area contributed by atoms with Crippen LogP contribution >= 0.6 is 0 Å². The highest BCUT2D eigenvalue weighted by molar-refractivity contribution is 5.88. The fourth-order valence-electron chi connectivity index (χ4n) is 4.20. The number of fused-ring (bicyclic) bond motifs is 3. The summed E-state index contributed by atoms with van der Waals surface area (Å²) in [7, 11) is 0. The minimum atomic E-state index is -1.19. The lowest BCUT2D eigenvalue weighted by Crippen LogP contribution is -2.75. The van der Waals surface area contributed by atoms with Crippen molar-refractivity contribution in [2.75, 3.05) is 0 Å². The van der Waals surface area contributed by atoms with E-state index in [4.69, 9.17) is 13.9 Å². The monoisotopic (exact) mass is 342 g/mol. The number of rotatable bonds is 1. The van der Waals surface area contributed by atoms with Gasteiger partial charge >= 0.3 is 5.63 Å². The fourth-order valence-corrected chi connectivity index (χ4v) is 4.20. The normalized spacial score (nSPS) is 32.8. The van der Waals surface area contributed by atoms with Gasteiger partial charge in [0.05, 0.1) is 16.6 Å². The lowest BCUT2D eigenvalue weighted by Gasteiger charge is -2.60. The van der Waals surface area contributed by atoms with E-state index < -0.39 is 28.5 Å². The van der Waals surface area contributed by atoms with Gasteiger partial charge in [-0.1, -0.05) is 25.1 Å². The zero-order chi connectivity index (χ0) is 18.2. The van der Waals surface area contributed by atoms with Gasteiger partial charge < -0.3 is 19.0 Å². The standard InChI is InChI=1S/C20H22O5/c1-6-19(5)10-20(17(22)18(3,4)25-20)24-15-13-11(2)8-7-9-12(13)23-16(21)14(15)19/h6-9,17,22H,1,10H2,2-5H3. The first-order valence-corrected chi connectivity index (χ1v) is 8.41. The number of aliphatic hydroxyl groups is 1. The Labute approximate surface area is 145 Å². The smallest absolute Gasteiger partial charge is 0.344 e. The van der Waals surface area contributed by atoms with Crippen molar-refractivity contribution in [2.45, 2.75) is 57.0 Å². The number of aryl methyl sites for hydroxylation is 1. The van der Waals surface area contributed by atoms with Gasteiger partial charge in [0.15, 0.2) is 0 Å². The summed E-state index contributed by atoms with van der Waals surface area (Å²) < 4.78 is 17.7. The number of ether oxygens (including phenoxy) is 2. The summed E-state index contributed by atoms with van der Waals surface area (Å²) in [6.45, 7) is 11.4. The van der Waals surface area contributed by atoms with Crippen LogP contribution in [0.3, 0.4) is 0 Å². The van der Waals surface area contributed by atoms with Crippen LogP contribution in [0.5, 0.6) is 5.75 Å². The Morgan fingerprint density at radius 3 is 2.64 bits per heavy atom. The predicted molar refractivity (Wildman–Crippen MR) is 93.9 cm³/mol. The quantitative estimate of drug-likeness (QED) is 0.637. The summed E-state index contributed by atoms with van der Waals surface area (Å²) in [5.41, 5.74) is -0.0744. The van der Waals surface area contributed by atoms with E-state index in [-0.39, 0.29) is 0 Å². The van der Waals surface area contributed by atoms with Gasteiger partial charge in [-0.25, -0.2) is 4.79 Å². The highest BCUT2D eigenvalue weighted by Gasteiger charge is 2.66. The first-order valence-electron chi connectivity index (χ1n) is 8.41. The van der Waals surface area contributed by atoms with Gasteiger partial charge in [-0.3, -0.25) is 0 Å². The second kappa shape index (κ2) is 4.74. The van der Waals surface area contributed by atoms with Crippen molar-refractivity contribution in [3.8, 4) is 5.75 Å². The Hall–Kier alpha value is -2.11. The molecule has 0 radical (unpaired) electrons. The van der Waals surface area contributed by atoms with Gasteiger partial charge in [-0.05, 0) is 32.4 Å². The summed E-state index contributed by atoms with van der Waals surface area (Å²) >= 11 is 0. The average molecular weight is 342 g/mol. The van der Waals surface area contributed by atoms with Crippen molar-refractivity contribution >= 4 is 11.0 Å². The van der Waals surface area contributed by atoms with Crippen LogP contribution in [-0.4, -0.2) is 22.6 Å². The molecular weight excluding hydrogens is 320 g/mol. The molecule has 1 spiro atoms. The Morgan fingerprint density at radius 2 is 2.04 bits per heavy atom. The topological polar surface area (TPSA) is 68.9 Å². The molecule has 1 fully saturated rings. The van der Waals surface area contributed by atoms with Crippen LogP contribution in [0.15, 0.2) is 40.1 Å². The first-order chi connectivity index (χ1) is 11.6. The van der Waals surface area contributed by atoms with Crippen LogP contribution in [-0.2, 0) is 10.2 Å². The zero-order valence-corrected chi connectivity index (χ0v) is 14.9. The van der Waals surface area contributed by atoms with E-state index in [2.05, 4.69) is 6.58 Å². The molecular formula is C20H22O5. The van der Waals surface area contributed by atoms with Gasteiger partial charge in [0.25, 0.3) is 0 Å². The Balaban J connectivity index is 2.04. The summed E-state index contributed by atoms with van der Waals surface area (Å²) in [6.07, 6.45) is 1.18. The maximum absolute atomic E-state index is 12.7. The second-order valence-corrected chi connectivity index (χ2v) is 7.86. The zero-order valence-electron chi connectivity index (χ0n) is 14.9. The molecule has 0 bridgehead atoms. The Morgan fingerprint density at radius 1 is 1.32 bits per heavy atom. The highest BCUT2D eigenvalue weighted by Crippen LogP contribution is 2.55. The number of hydrogen-bond donors (Lipinski definition) is 1. The first kappa shape index (κ1) is 16.4. The molecule has 5 heteroatoms. The largest absolute Gasteiger partial charge is 0.458 e. The third kappa shape index (κ3) is 1.99. The number of benzene rings is 1. The van der Waals surface area contributed by atoms with Gasteiger partial charge in [-0.15, -0.1) is 6.58 Å². The minimum absolute atomic E-state index is 0.295. The summed E-state index contributed by atoms with van der Waals surface area (Å²) in [4.78, 5) is 12.7. The second-order valence-electron chi connectivity index (χ2n) is 7.86. The van der Waals surface area contributed by atoms with Crippen LogP contribution in [0.2, 0.25) is 0 Å². The van der Waals surface area contributed by atoms with Crippen LogP contribution < -0.4 is 10.4 Å². The van der Waals surface area contributed by atoms with Gasteiger partial charge in [0.1, 0.15) is 17.4 Å². The molecule has 25 heavy (non-hydrogen) atoms. The molecule has 2 aromatic rings. The summed E-state index contributed by atoms with van der Waals surface area (Å²) in [6, 6.07) is 5.50. The third-order valence-electron chi connectivity index (χ3n) is 5.52. The van der Waals surface area contributed by atoms with Crippen LogP contribution in [0.1, 0.15) is 38.3 Å². The van der Waals surface area contributed by atoms with Crippen molar-refractivity contribution in [1.29, 1.82) is 0 Å². The van der Waals surface area contributed by atoms with E-state index in [1.165, 1.54) is 0 Å². The predicted octanol–water partition coefficient (Wildman–Crippen LogP) is 3.19. The third-order valence-corrected chi connectivity index (χ3v) is 5.52. The van der Waals surface area contributed by atoms with E-state index in [9.17, 15) is 9.90 Å². The van der Waals surface area contributed by atoms with Crippen molar-refractivity contribution in [2.24, 2.45) is 0 Å². The molecule has 132 valence electrons. The molecule has 0 aliphatic carbocycles. The summed E-state index contributed by atoms with van der Waals surface area (Å²) in [5, 5.41) is 11.5. The molecule has 2 aliphatic heterocycles. The molecule has 1 N–H and O–H groups in total. The number of allylic oxidation sites excluding steroid dienone is 1. The molecule has 0 saturated carbocycles. The minimum Gasteiger partial charge on any atom is -0.458 e. The molecule has 3 unspecified atom stereocenters. The van der Waals surface area contributed by atoms with E-state index >= 15 is 0 Å². The van der Waals surface area contributed by atoms with Crippen LogP contribution in [0.25, 0.3) is 11.0 Å². The fraction of sp³-hybridized carbons (Fsp3) is 0.450. The lowest BCUT2D eigenvalue weighted by atomic mass is 9.69. The van der Waals surface area contributed by atoms with Crippen molar-refractivity contribution in [3.63, 3.8) is 0 Å². The molecule has 1 saturated heterocycles. The summed E-state index contributed by atoms with van der Waals surface area (Å²) in [5.74, 6) is -0.768. The SMILES string of the molecule is C=CC1(C)CC2(Oc3c1c(=O)oc1cccc(C)c31)OC(C)(C)C2O. The van der Waals surface area contributed by atoms with E-state index in [0.29, 0.717) is 23.3 Å². The maximum Gasteiger partial charge on any atom is 0.344 e. The van der Waals surface area contributed by atoms with Crippen molar-refractivity contribution < 1.29 is 19.0 Å². The van der Waals surface area contributed by atoms with Crippen molar-refractivity contribution in [3.05, 3.63) is 52.4 Å². The average Bonchev–Trinajstić information content (AvgIpc) is 2.53. The van der Waals surface area contributed by atoms with Gasteiger partial charge in [0, 0.05) is 11.8 Å². The maximum atomic E-state index is 12.7. The van der Waals surface area contributed by atoms with E-state index in [1.807, 2.05) is 39.8 Å². The molecule has 3 heterocycles. The number of aliphatic hydroxyl groups excluding tert-OH is 1. The molecule has 3 atom stereocenters. The van der Waals surface area contributed by atoms with E-state index in [1.54, 1.807) is 12.1 Å². The van der Waals surface area contributed by atoms with Gasteiger partial charge in [-0.2, -0.15) is 0 Å². The number of hydrogen-bond acceptors (Lipinski definition) is 5. The van der Waals surface area contributed by atoms with Crippen molar-refractivity contribution in [1.82, 2.24) is 0 Å². The molecule has 0 amide bonds. The lowest BCUT2D eigenvalue weighted by molar-refractivity contribution is -0.413. The Kier molecular flexibility index (Phi) is 3.10. The highest BCUT2D eigenvalue weighted by atomic mass is 16.8. The Bertz CT molecular complexity index is 956. The van der Waals surface area contributed by atoms with Crippen LogP contribution in [0, 0.1) is 6.92 Å². The molecule has 4 rings (SSSR count). The molecule has 1 aromatic heterocycles.